The third kappa shape index (κ3) is 3.98. The summed E-state index contributed by atoms with van der Waals surface area (Å²) >= 11 is 0. The molecular weight excluding hydrogens is 221 g/mol. The molecule has 4 heteroatoms. The van der Waals surface area contributed by atoms with E-state index in [0.29, 0.717) is 24.2 Å². The summed E-state index contributed by atoms with van der Waals surface area (Å²) in [6.07, 6.45) is 1.20. The van der Waals surface area contributed by atoms with E-state index in [0.717, 1.165) is 0 Å². The molecule has 0 aliphatic rings. The van der Waals surface area contributed by atoms with E-state index in [2.05, 4.69) is 0 Å². The average Bonchev–Trinajstić information content (AvgIpc) is 2.35. The van der Waals surface area contributed by atoms with Gasteiger partial charge in [-0.2, -0.15) is 0 Å². The molecule has 0 unspecified atom stereocenters. The number of rotatable bonds is 6. The van der Waals surface area contributed by atoms with Crippen molar-refractivity contribution in [1.29, 1.82) is 0 Å². The van der Waals surface area contributed by atoms with Gasteiger partial charge in [0.25, 0.3) is 0 Å². The maximum absolute atomic E-state index is 13.2. The van der Waals surface area contributed by atoms with Gasteiger partial charge in [-0.3, -0.25) is 0 Å². The highest BCUT2D eigenvalue weighted by Crippen LogP contribution is 2.20. The van der Waals surface area contributed by atoms with Crippen molar-refractivity contribution in [3.05, 3.63) is 29.6 Å². The topological polar surface area (TPSA) is 55.5 Å². The third-order valence-corrected chi connectivity index (χ3v) is 2.99. The second-order valence-corrected chi connectivity index (χ2v) is 4.22. The molecule has 0 amide bonds. The second-order valence-electron chi connectivity index (χ2n) is 4.22. The fourth-order valence-electron chi connectivity index (χ4n) is 1.49. The summed E-state index contributed by atoms with van der Waals surface area (Å²) in [4.78, 5) is 0. The monoisotopic (exact) mass is 241 g/mol. The summed E-state index contributed by atoms with van der Waals surface area (Å²) in [6.45, 7) is 4.21. The summed E-state index contributed by atoms with van der Waals surface area (Å²) in [6, 6.07) is 4.36. The SMILES string of the molecule is CCC(O)(CC)COc1cc(F)cc(CN)c1. The van der Waals surface area contributed by atoms with Crippen LogP contribution in [-0.2, 0) is 6.54 Å². The smallest absolute Gasteiger partial charge is 0.127 e. The Morgan fingerprint density at radius 1 is 1.29 bits per heavy atom. The molecule has 96 valence electrons. The minimum Gasteiger partial charge on any atom is -0.490 e. The summed E-state index contributed by atoms with van der Waals surface area (Å²) in [5.41, 5.74) is 5.28. The predicted molar refractivity (Wildman–Crippen MR) is 65.3 cm³/mol. The lowest BCUT2D eigenvalue weighted by Crippen LogP contribution is -2.34. The first-order chi connectivity index (χ1) is 8.03. The van der Waals surface area contributed by atoms with Crippen LogP contribution in [0, 0.1) is 5.82 Å². The number of hydrogen-bond donors (Lipinski definition) is 2. The molecule has 0 spiro atoms. The molecule has 0 saturated carbocycles. The minimum absolute atomic E-state index is 0.160. The molecule has 17 heavy (non-hydrogen) atoms. The molecule has 0 saturated heterocycles. The lowest BCUT2D eigenvalue weighted by Gasteiger charge is -2.25. The van der Waals surface area contributed by atoms with Crippen molar-refractivity contribution < 1.29 is 14.2 Å². The van der Waals surface area contributed by atoms with Gasteiger partial charge < -0.3 is 15.6 Å². The summed E-state index contributed by atoms with van der Waals surface area (Å²) in [7, 11) is 0. The number of ether oxygens (including phenoxy) is 1. The molecule has 0 atom stereocenters. The van der Waals surface area contributed by atoms with Crippen LogP contribution in [-0.4, -0.2) is 17.3 Å². The molecule has 0 aromatic heterocycles. The molecule has 1 rings (SSSR count). The zero-order valence-electron chi connectivity index (χ0n) is 10.4. The molecule has 0 heterocycles. The van der Waals surface area contributed by atoms with Crippen LogP contribution in [0.3, 0.4) is 0 Å². The molecule has 0 aliphatic heterocycles. The Morgan fingerprint density at radius 2 is 1.94 bits per heavy atom. The van der Waals surface area contributed by atoms with Gasteiger partial charge in [0.15, 0.2) is 0 Å². The molecule has 0 radical (unpaired) electrons. The van der Waals surface area contributed by atoms with Gasteiger partial charge in [0, 0.05) is 12.6 Å². The van der Waals surface area contributed by atoms with Crippen LogP contribution in [0.2, 0.25) is 0 Å². The first-order valence-electron chi connectivity index (χ1n) is 5.87. The highest BCUT2D eigenvalue weighted by Gasteiger charge is 2.23. The van der Waals surface area contributed by atoms with Crippen LogP contribution < -0.4 is 10.5 Å². The Labute approximate surface area is 101 Å². The maximum atomic E-state index is 13.2. The van der Waals surface area contributed by atoms with E-state index in [1.165, 1.54) is 12.1 Å². The highest BCUT2D eigenvalue weighted by molar-refractivity contribution is 5.29. The van der Waals surface area contributed by atoms with Gasteiger partial charge in [0.2, 0.25) is 0 Å². The van der Waals surface area contributed by atoms with Crippen molar-refractivity contribution in [3.63, 3.8) is 0 Å². The number of hydrogen-bond acceptors (Lipinski definition) is 3. The Morgan fingerprint density at radius 3 is 2.47 bits per heavy atom. The van der Waals surface area contributed by atoms with Crippen LogP contribution in [0.1, 0.15) is 32.3 Å². The fraction of sp³-hybridized carbons (Fsp3) is 0.538. The fourth-order valence-corrected chi connectivity index (χ4v) is 1.49. The lowest BCUT2D eigenvalue weighted by molar-refractivity contribution is -0.0114. The van der Waals surface area contributed by atoms with Crippen molar-refractivity contribution in [2.24, 2.45) is 5.73 Å². The summed E-state index contributed by atoms with van der Waals surface area (Å²) < 4.78 is 18.6. The van der Waals surface area contributed by atoms with E-state index >= 15 is 0 Å². The minimum atomic E-state index is -0.852. The van der Waals surface area contributed by atoms with Gasteiger partial charge in [0.05, 0.1) is 5.60 Å². The predicted octanol–water partition coefficient (Wildman–Crippen LogP) is 2.21. The quantitative estimate of drug-likeness (QED) is 0.803. The average molecular weight is 241 g/mol. The van der Waals surface area contributed by atoms with E-state index in [1.54, 1.807) is 6.07 Å². The number of nitrogens with two attached hydrogens (primary N) is 1. The Bertz CT molecular complexity index is 364. The van der Waals surface area contributed by atoms with E-state index in [4.69, 9.17) is 10.5 Å². The summed E-state index contributed by atoms with van der Waals surface area (Å²) in [5, 5.41) is 10.0. The Kier molecular flexibility index (Phi) is 4.90. The van der Waals surface area contributed by atoms with Crippen LogP contribution in [0.4, 0.5) is 4.39 Å². The molecule has 1 aromatic rings. The molecule has 0 fully saturated rings. The third-order valence-electron chi connectivity index (χ3n) is 2.99. The van der Waals surface area contributed by atoms with E-state index < -0.39 is 5.60 Å². The Balaban J connectivity index is 2.72. The molecule has 1 aromatic carbocycles. The van der Waals surface area contributed by atoms with Gasteiger partial charge in [-0.1, -0.05) is 13.8 Å². The first-order valence-corrected chi connectivity index (χ1v) is 5.87. The van der Waals surface area contributed by atoms with Gasteiger partial charge in [-0.15, -0.1) is 0 Å². The second kappa shape index (κ2) is 5.98. The molecule has 3 N–H and O–H groups in total. The number of benzene rings is 1. The van der Waals surface area contributed by atoms with Crippen LogP contribution in [0.15, 0.2) is 18.2 Å². The van der Waals surface area contributed by atoms with Crippen LogP contribution >= 0.6 is 0 Å². The summed E-state index contributed by atoms with van der Waals surface area (Å²) in [5.74, 6) is 0.0326. The van der Waals surface area contributed by atoms with Crippen LogP contribution in [0.25, 0.3) is 0 Å². The van der Waals surface area contributed by atoms with Crippen LogP contribution in [0.5, 0.6) is 5.75 Å². The zero-order valence-corrected chi connectivity index (χ0v) is 10.4. The van der Waals surface area contributed by atoms with Gasteiger partial charge in [-0.05, 0) is 30.5 Å². The largest absolute Gasteiger partial charge is 0.490 e. The highest BCUT2D eigenvalue weighted by atomic mass is 19.1. The Hall–Kier alpha value is -1.13. The van der Waals surface area contributed by atoms with E-state index in [9.17, 15) is 9.50 Å². The van der Waals surface area contributed by atoms with E-state index in [1.807, 2.05) is 13.8 Å². The normalized spacial score (nSPS) is 11.6. The maximum Gasteiger partial charge on any atom is 0.127 e. The molecular formula is C13H20FNO2. The van der Waals surface area contributed by atoms with Crippen molar-refractivity contribution in [3.8, 4) is 5.75 Å². The van der Waals surface area contributed by atoms with Gasteiger partial charge in [0.1, 0.15) is 18.2 Å². The van der Waals surface area contributed by atoms with Crippen molar-refractivity contribution >= 4 is 0 Å². The van der Waals surface area contributed by atoms with Crippen molar-refractivity contribution in [2.75, 3.05) is 6.61 Å². The number of halogens is 1. The zero-order chi connectivity index (χ0) is 12.9. The van der Waals surface area contributed by atoms with E-state index in [-0.39, 0.29) is 19.0 Å². The van der Waals surface area contributed by atoms with Gasteiger partial charge in [-0.25, -0.2) is 4.39 Å². The first kappa shape index (κ1) is 13.9. The van der Waals surface area contributed by atoms with Crippen molar-refractivity contribution in [1.82, 2.24) is 0 Å². The molecule has 3 nitrogen and oxygen atoms in total. The van der Waals surface area contributed by atoms with Gasteiger partial charge >= 0.3 is 0 Å². The number of aliphatic hydroxyl groups is 1. The molecule has 0 bridgehead atoms. The lowest BCUT2D eigenvalue weighted by atomic mass is 9.99. The standard InChI is InChI=1S/C13H20FNO2/c1-3-13(16,4-2)9-17-12-6-10(8-15)5-11(14)7-12/h5-7,16H,3-4,8-9,15H2,1-2H3. The van der Waals surface area contributed by atoms with Crippen molar-refractivity contribution in [2.45, 2.75) is 38.8 Å². The molecule has 0 aliphatic carbocycles.